The maximum atomic E-state index is 13.0. The molecule has 110 valence electrons. The number of alkyl halides is 3. The average molecular weight is 310 g/mol. The Morgan fingerprint density at radius 3 is 2.90 bits per heavy atom. The van der Waals surface area contributed by atoms with Crippen LogP contribution in [0.25, 0.3) is 0 Å². The van der Waals surface area contributed by atoms with Crippen molar-refractivity contribution in [1.29, 1.82) is 0 Å². The van der Waals surface area contributed by atoms with Crippen LogP contribution in [0.1, 0.15) is 6.42 Å². The van der Waals surface area contributed by atoms with Crippen molar-refractivity contribution in [3.63, 3.8) is 0 Å². The Labute approximate surface area is 117 Å². The minimum atomic E-state index is -3.03. The van der Waals surface area contributed by atoms with E-state index in [1.165, 1.54) is 18.2 Å². The highest BCUT2D eigenvalue weighted by Crippen LogP contribution is 2.22. The molecule has 5 nitrogen and oxygen atoms in total. The van der Waals surface area contributed by atoms with Gasteiger partial charge in [-0.2, -0.15) is 13.8 Å². The molecule has 1 aromatic rings. The van der Waals surface area contributed by atoms with Gasteiger partial charge in [-0.25, -0.2) is 8.81 Å². The first-order valence-electron chi connectivity index (χ1n) is 5.76. The molecule has 0 radical (unpaired) electrons. The molecule has 9 heteroatoms. The second-order valence-corrected chi connectivity index (χ2v) is 4.46. The van der Waals surface area contributed by atoms with Crippen molar-refractivity contribution in [1.82, 2.24) is 10.3 Å². The number of pyridine rings is 1. The Bertz CT molecular complexity index is 492. The van der Waals surface area contributed by atoms with Crippen LogP contribution in [0.5, 0.6) is 5.88 Å². The lowest BCUT2D eigenvalue weighted by Gasteiger charge is -2.17. The number of anilines is 1. The van der Waals surface area contributed by atoms with E-state index >= 15 is 0 Å². The molecule has 1 amide bonds. The lowest BCUT2D eigenvalue weighted by atomic mass is 10.2. The molecule has 2 heterocycles. The summed E-state index contributed by atoms with van der Waals surface area (Å²) >= 11 is 5.81. The van der Waals surface area contributed by atoms with Crippen LogP contribution in [0.15, 0.2) is 18.2 Å². The van der Waals surface area contributed by atoms with Gasteiger partial charge in [-0.15, -0.1) is 0 Å². The fraction of sp³-hybridized carbons (Fsp3) is 0.455. The van der Waals surface area contributed by atoms with Crippen molar-refractivity contribution >= 4 is 23.5 Å². The number of nitrogens with one attached hydrogen (secondary N) is 1. The lowest BCUT2D eigenvalue weighted by Crippen LogP contribution is -2.39. The molecule has 1 fully saturated rings. The van der Waals surface area contributed by atoms with E-state index in [0.29, 0.717) is 4.42 Å². The molecule has 20 heavy (non-hydrogen) atoms. The molecule has 2 atom stereocenters. The first-order chi connectivity index (χ1) is 9.47. The summed E-state index contributed by atoms with van der Waals surface area (Å²) in [6.45, 7) is -2.95. The predicted octanol–water partition coefficient (Wildman–Crippen LogP) is 1.87. The number of hydrogen-bond donors (Lipinski definition) is 1. The lowest BCUT2D eigenvalue weighted by molar-refractivity contribution is -0.119. The molecular formula is C11H11ClF3N3O2. The highest BCUT2D eigenvalue weighted by atomic mass is 35.5. The number of hydrogen-bond acceptors (Lipinski definition) is 4. The predicted molar refractivity (Wildman–Crippen MR) is 65.5 cm³/mol. The second-order valence-electron chi connectivity index (χ2n) is 4.13. The van der Waals surface area contributed by atoms with Gasteiger partial charge < -0.3 is 10.1 Å². The van der Waals surface area contributed by atoms with Crippen LogP contribution in [-0.2, 0) is 4.79 Å². The van der Waals surface area contributed by atoms with Gasteiger partial charge >= 0.3 is 6.61 Å². The van der Waals surface area contributed by atoms with Crippen molar-refractivity contribution in [2.24, 2.45) is 0 Å². The quantitative estimate of drug-likeness (QED) is 0.863. The first-order valence-corrected chi connectivity index (χ1v) is 6.10. The second kappa shape index (κ2) is 6.27. The van der Waals surface area contributed by atoms with Gasteiger partial charge in [-0.3, -0.25) is 4.79 Å². The van der Waals surface area contributed by atoms with E-state index in [1.807, 2.05) is 0 Å². The summed E-state index contributed by atoms with van der Waals surface area (Å²) < 4.78 is 41.9. The molecule has 0 unspecified atom stereocenters. The third-order valence-electron chi connectivity index (χ3n) is 2.69. The summed E-state index contributed by atoms with van der Waals surface area (Å²) in [7, 11) is 0. The van der Waals surface area contributed by atoms with Crippen LogP contribution in [0, 0.1) is 0 Å². The monoisotopic (exact) mass is 309 g/mol. The summed E-state index contributed by atoms with van der Waals surface area (Å²) in [6.07, 6.45) is -1.11. The zero-order valence-corrected chi connectivity index (χ0v) is 10.9. The van der Waals surface area contributed by atoms with E-state index in [4.69, 9.17) is 11.8 Å². The zero-order valence-electron chi connectivity index (χ0n) is 10.1. The Kier molecular flexibility index (Phi) is 4.66. The summed E-state index contributed by atoms with van der Waals surface area (Å²) in [5.74, 6) is -1.04. The summed E-state index contributed by atoms with van der Waals surface area (Å²) in [4.78, 5) is 15.6. The molecule has 0 spiro atoms. The molecule has 1 aliphatic rings. The van der Waals surface area contributed by atoms with Crippen LogP contribution >= 0.6 is 11.8 Å². The third-order valence-corrected chi connectivity index (χ3v) is 3.03. The zero-order chi connectivity index (χ0) is 14.7. The van der Waals surface area contributed by atoms with E-state index in [-0.39, 0.29) is 24.7 Å². The van der Waals surface area contributed by atoms with Gasteiger partial charge in [-0.1, -0.05) is 6.07 Å². The highest BCUT2D eigenvalue weighted by Gasteiger charge is 2.33. The smallest absolute Gasteiger partial charge is 0.388 e. The van der Waals surface area contributed by atoms with E-state index in [0.717, 1.165) is 0 Å². The van der Waals surface area contributed by atoms with Crippen molar-refractivity contribution in [2.45, 2.75) is 25.2 Å². The molecule has 0 aromatic carbocycles. The molecule has 1 saturated heterocycles. The van der Waals surface area contributed by atoms with Crippen LogP contribution < -0.4 is 14.5 Å². The third kappa shape index (κ3) is 3.51. The standard InChI is InChI=1S/C11H11ClF3N3O2/c12-18(10(19)7-4-6(13)5-16-7)8-2-1-3-9(17-8)20-11(14)15/h1-3,6-7,11,16H,4-5H2/t6-,7+/m1/s1. The van der Waals surface area contributed by atoms with Crippen molar-refractivity contribution in [3.05, 3.63) is 18.2 Å². The molecular weight excluding hydrogens is 299 g/mol. The van der Waals surface area contributed by atoms with Gasteiger partial charge in [0.05, 0.1) is 6.04 Å². The minimum absolute atomic E-state index is 0.00920. The summed E-state index contributed by atoms with van der Waals surface area (Å²) in [6, 6.07) is 3.16. The maximum Gasteiger partial charge on any atom is 0.388 e. The number of aromatic nitrogens is 1. The fourth-order valence-corrected chi connectivity index (χ4v) is 2.01. The molecule has 2 rings (SSSR count). The molecule has 1 N–H and O–H groups in total. The first kappa shape index (κ1) is 14.9. The number of amides is 1. The van der Waals surface area contributed by atoms with Crippen molar-refractivity contribution in [3.8, 4) is 5.88 Å². The topological polar surface area (TPSA) is 54.5 Å². The van der Waals surface area contributed by atoms with Crippen LogP contribution in [0.2, 0.25) is 0 Å². The number of nitrogens with zero attached hydrogens (tertiary/aromatic N) is 2. The molecule has 0 aliphatic carbocycles. The van der Waals surface area contributed by atoms with Gasteiger partial charge in [0, 0.05) is 30.8 Å². The average Bonchev–Trinajstić information content (AvgIpc) is 2.83. The summed E-state index contributed by atoms with van der Waals surface area (Å²) in [5, 5.41) is 2.67. The number of ether oxygens (including phenoxy) is 1. The SMILES string of the molecule is O=C([C@@H]1C[C@@H](F)CN1)N(Cl)c1cccc(OC(F)F)n1. The van der Waals surface area contributed by atoms with Crippen LogP contribution in [0.4, 0.5) is 19.0 Å². The number of halogens is 4. The minimum Gasteiger partial charge on any atom is -0.417 e. The van der Waals surface area contributed by atoms with Gasteiger partial charge in [0.15, 0.2) is 5.82 Å². The Balaban J connectivity index is 2.08. The number of carbonyl (C=O) groups is 1. The molecule has 1 aromatic heterocycles. The van der Waals surface area contributed by atoms with Gasteiger partial charge in [0.1, 0.15) is 6.17 Å². The Morgan fingerprint density at radius 2 is 2.30 bits per heavy atom. The van der Waals surface area contributed by atoms with E-state index in [2.05, 4.69) is 15.0 Å². The Hall–Kier alpha value is -1.54. The summed E-state index contributed by atoms with van der Waals surface area (Å²) in [5.41, 5.74) is 0. The Morgan fingerprint density at radius 1 is 1.55 bits per heavy atom. The largest absolute Gasteiger partial charge is 0.417 e. The molecule has 0 saturated carbocycles. The van der Waals surface area contributed by atoms with Crippen LogP contribution in [0.3, 0.4) is 0 Å². The molecule has 0 bridgehead atoms. The van der Waals surface area contributed by atoms with Gasteiger partial charge in [-0.05, 0) is 6.07 Å². The van der Waals surface area contributed by atoms with Gasteiger partial charge in [0.2, 0.25) is 5.88 Å². The van der Waals surface area contributed by atoms with Crippen LogP contribution in [-0.4, -0.2) is 36.3 Å². The fourth-order valence-electron chi connectivity index (χ4n) is 1.80. The van der Waals surface area contributed by atoms with E-state index in [1.54, 1.807) is 0 Å². The van der Waals surface area contributed by atoms with Crippen molar-refractivity contribution < 1.29 is 22.7 Å². The highest BCUT2D eigenvalue weighted by molar-refractivity contribution is 6.37. The normalized spacial score (nSPS) is 22.1. The number of carbonyl (C=O) groups excluding carboxylic acids is 1. The maximum absolute atomic E-state index is 13.0. The van der Waals surface area contributed by atoms with Gasteiger partial charge in [0.25, 0.3) is 5.91 Å². The van der Waals surface area contributed by atoms with E-state index in [9.17, 15) is 18.0 Å². The van der Waals surface area contributed by atoms with E-state index < -0.39 is 24.7 Å². The molecule has 1 aliphatic heterocycles. The van der Waals surface area contributed by atoms with Crippen molar-refractivity contribution in [2.75, 3.05) is 11.0 Å². The number of rotatable bonds is 4.